The second kappa shape index (κ2) is 5.20. The molecule has 0 saturated carbocycles. The van der Waals surface area contributed by atoms with Crippen LogP contribution in [0.1, 0.15) is 12.5 Å². The van der Waals surface area contributed by atoms with E-state index in [1.54, 1.807) is 32.2 Å². The molecule has 1 rings (SSSR count). The second-order valence-corrected chi connectivity index (χ2v) is 3.10. The highest BCUT2D eigenvalue weighted by molar-refractivity contribution is 6.38. The molecule has 0 spiro atoms. The first-order chi connectivity index (χ1) is 7.15. The van der Waals surface area contributed by atoms with Crippen LogP contribution in [0.2, 0.25) is 0 Å². The number of hydrogen-bond donors (Lipinski definition) is 0. The third kappa shape index (κ3) is 3.13. The molecule has 1 aromatic rings. The molecular formula is C12H13FN2. The van der Waals surface area contributed by atoms with Gasteiger partial charge in [-0.25, -0.2) is 4.39 Å². The molecule has 0 amide bonds. The molecule has 15 heavy (non-hydrogen) atoms. The van der Waals surface area contributed by atoms with Crippen molar-refractivity contribution in [2.24, 2.45) is 9.98 Å². The van der Waals surface area contributed by atoms with E-state index in [9.17, 15) is 4.39 Å². The van der Waals surface area contributed by atoms with Crippen LogP contribution in [-0.4, -0.2) is 19.0 Å². The Hall–Kier alpha value is -1.77. The Morgan fingerprint density at radius 1 is 1.40 bits per heavy atom. The maximum atomic E-state index is 13.4. The van der Waals surface area contributed by atoms with Crippen molar-refractivity contribution in [3.05, 3.63) is 47.9 Å². The van der Waals surface area contributed by atoms with Crippen molar-refractivity contribution in [3.8, 4) is 0 Å². The van der Waals surface area contributed by atoms with Gasteiger partial charge in [-0.05, 0) is 19.1 Å². The van der Waals surface area contributed by atoms with Crippen molar-refractivity contribution >= 4 is 11.9 Å². The molecule has 0 fully saturated rings. The molecule has 0 radical (unpaired) electrons. The van der Waals surface area contributed by atoms with E-state index < -0.39 is 0 Å². The van der Waals surface area contributed by atoms with Gasteiger partial charge in [0.05, 0.1) is 5.71 Å². The van der Waals surface area contributed by atoms with Crippen molar-refractivity contribution in [3.63, 3.8) is 0 Å². The van der Waals surface area contributed by atoms with Gasteiger partial charge in [-0.1, -0.05) is 18.7 Å². The summed E-state index contributed by atoms with van der Waals surface area (Å²) in [6.45, 7) is 5.42. The van der Waals surface area contributed by atoms with Crippen molar-refractivity contribution in [1.29, 1.82) is 0 Å². The summed E-state index contributed by atoms with van der Waals surface area (Å²) in [5.41, 5.74) is 1.54. The fourth-order valence-corrected chi connectivity index (χ4v) is 1.16. The smallest absolute Gasteiger partial charge is 0.132 e. The van der Waals surface area contributed by atoms with Gasteiger partial charge in [0.25, 0.3) is 0 Å². The Morgan fingerprint density at radius 3 is 2.60 bits per heavy atom. The van der Waals surface area contributed by atoms with Gasteiger partial charge >= 0.3 is 0 Å². The molecular weight excluding hydrogens is 191 g/mol. The fourth-order valence-electron chi connectivity index (χ4n) is 1.16. The first-order valence-electron chi connectivity index (χ1n) is 4.56. The third-order valence-corrected chi connectivity index (χ3v) is 1.71. The molecule has 0 bridgehead atoms. The van der Waals surface area contributed by atoms with Crippen LogP contribution in [0, 0.1) is 5.82 Å². The van der Waals surface area contributed by atoms with E-state index in [0.717, 1.165) is 0 Å². The number of nitrogens with zero attached hydrogens (tertiary/aromatic N) is 2. The molecule has 3 heteroatoms. The topological polar surface area (TPSA) is 24.7 Å². The molecule has 78 valence electrons. The van der Waals surface area contributed by atoms with Crippen LogP contribution in [0.15, 0.2) is 46.5 Å². The van der Waals surface area contributed by atoms with Crippen molar-refractivity contribution in [2.45, 2.75) is 6.92 Å². The maximum Gasteiger partial charge on any atom is 0.132 e. The third-order valence-electron chi connectivity index (χ3n) is 1.71. The average molecular weight is 204 g/mol. The Kier molecular flexibility index (Phi) is 3.92. The summed E-state index contributed by atoms with van der Waals surface area (Å²) in [4.78, 5) is 7.97. The Bertz CT molecular complexity index is 419. The zero-order valence-corrected chi connectivity index (χ0v) is 8.87. The van der Waals surface area contributed by atoms with Crippen LogP contribution in [-0.2, 0) is 0 Å². The van der Waals surface area contributed by atoms with E-state index in [0.29, 0.717) is 17.0 Å². The van der Waals surface area contributed by atoms with Crippen molar-refractivity contribution in [1.82, 2.24) is 0 Å². The summed E-state index contributed by atoms with van der Waals surface area (Å²) in [6, 6.07) is 6.46. The molecule has 0 saturated heterocycles. The van der Waals surface area contributed by atoms with Gasteiger partial charge in [-0.2, -0.15) is 0 Å². The van der Waals surface area contributed by atoms with Gasteiger partial charge in [0.1, 0.15) is 5.82 Å². The van der Waals surface area contributed by atoms with E-state index in [4.69, 9.17) is 0 Å². The molecule has 0 N–H and O–H groups in total. The minimum absolute atomic E-state index is 0.308. The fraction of sp³-hybridized carbons (Fsp3) is 0.167. The predicted molar refractivity (Wildman–Crippen MR) is 62.2 cm³/mol. The largest absolute Gasteiger partial charge is 0.294 e. The first-order valence-corrected chi connectivity index (χ1v) is 4.56. The molecule has 0 aliphatic rings. The molecule has 0 aliphatic heterocycles. The summed E-state index contributed by atoms with van der Waals surface area (Å²) in [6.07, 6.45) is 1.52. The van der Waals surface area contributed by atoms with Gasteiger partial charge in [-0.3, -0.25) is 9.98 Å². The van der Waals surface area contributed by atoms with Crippen LogP contribution in [0.5, 0.6) is 0 Å². The summed E-state index contributed by atoms with van der Waals surface area (Å²) in [5, 5.41) is 0. The van der Waals surface area contributed by atoms with Crippen molar-refractivity contribution in [2.75, 3.05) is 7.05 Å². The molecule has 0 heterocycles. The number of allylic oxidation sites excluding steroid dienone is 1. The van der Waals surface area contributed by atoms with Gasteiger partial charge in [0.2, 0.25) is 0 Å². The van der Waals surface area contributed by atoms with Crippen LogP contribution in [0.25, 0.3) is 0 Å². The highest BCUT2D eigenvalue weighted by atomic mass is 19.1. The lowest BCUT2D eigenvalue weighted by Crippen LogP contribution is -2.05. The van der Waals surface area contributed by atoms with Crippen LogP contribution < -0.4 is 0 Å². The van der Waals surface area contributed by atoms with Crippen LogP contribution in [0.4, 0.5) is 4.39 Å². The van der Waals surface area contributed by atoms with Crippen LogP contribution >= 0.6 is 0 Å². The van der Waals surface area contributed by atoms with E-state index in [1.807, 2.05) is 0 Å². The normalized spacial score (nSPS) is 12.1. The monoisotopic (exact) mass is 204 g/mol. The lowest BCUT2D eigenvalue weighted by Gasteiger charge is -2.02. The summed E-state index contributed by atoms with van der Waals surface area (Å²) in [5.74, 6) is -0.308. The molecule has 2 nitrogen and oxygen atoms in total. The van der Waals surface area contributed by atoms with E-state index in [-0.39, 0.29) is 5.82 Å². The summed E-state index contributed by atoms with van der Waals surface area (Å²) in [7, 11) is 1.62. The number of halogens is 1. The molecule has 0 atom stereocenters. The number of benzene rings is 1. The quantitative estimate of drug-likeness (QED) is 0.676. The zero-order valence-electron chi connectivity index (χ0n) is 8.87. The summed E-state index contributed by atoms with van der Waals surface area (Å²) >= 11 is 0. The molecule has 1 aromatic carbocycles. The summed E-state index contributed by atoms with van der Waals surface area (Å²) < 4.78 is 13.4. The lowest BCUT2D eigenvalue weighted by atomic mass is 10.1. The zero-order chi connectivity index (χ0) is 11.3. The second-order valence-electron chi connectivity index (χ2n) is 3.10. The van der Waals surface area contributed by atoms with E-state index >= 15 is 0 Å². The molecule has 0 aromatic heterocycles. The Morgan fingerprint density at radius 2 is 2.07 bits per heavy atom. The standard InChI is InChI=1S/C12H13FN2/c1-9(2)15-12(8-14-3)10-6-4-5-7-11(10)13/h4-8H,1H2,2-3H3/b14-8-,15-12+. The van der Waals surface area contributed by atoms with E-state index in [2.05, 4.69) is 16.6 Å². The van der Waals surface area contributed by atoms with E-state index in [1.165, 1.54) is 12.3 Å². The van der Waals surface area contributed by atoms with Gasteiger partial charge in [-0.15, -0.1) is 0 Å². The number of hydrogen-bond acceptors (Lipinski definition) is 2. The SMILES string of the molecule is C=C(C)/N=C(\C=N/C)c1ccccc1F. The minimum Gasteiger partial charge on any atom is -0.294 e. The van der Waals surface area contributed by atoms with Crippen molar-refractivity contribution < 1.29 is 4.39 Å². The van der Waals surface area contributed by atoms with Gasteiger partial charge in [0.15, 0.2) is 0 Å². The average Bonchev–Trinajstić information content (AvgIpc) is 2.17. The highest BCUT2D eigenvalue weighted by Gasteiger charge is 2.06. The predicted octanol–water partition coefficient (Wildman–Crippen LogP) is 2.85. The number of rotatable bonds is 3. The van der Waals surface area contributed by atoms with Crippen LogP contribution in [0.3, 0.4) is 0 Å². The Labute approximate surface area is 88.9 Å². The molecule has 0 aliphatic carbocycles. The minimum atomic E-state index is -0.308. The highest BCUT2D eigenvalue weighted by Crippen LogP contribution is 2.08. The first kappa shape index (κ1) is 11.3. The van der Waals surface area contributed by atoms with Gasteiger partial charge in [0, 0.05) is 24.5 Å². The number of aliphatic imine (C=N–C) groups is 2. The maximum absolute atomic E-state index is 13.4. The lowest BCUT2D eigenvalue weighted by molar-refractivity contribution is 0.625. The Balaban J connectivity index is 3.22. The van der Waals surface area contributed by atoms with Gasteiger partial charge < -0.3 is 0 Å². The molecule has 0 unspecified atom stereocenters.